The van der Waals surface area contributed by atoms with Gasteiger partial charge < -0.3 is 20.0 Å². The Kier molecular flexibility index (Phi) is 5.69. The molecule has 0 saturated carbocycles. The van der Waals surface area contributed by atoms with Gasteiger partial charge in [0.25, 0.3) is 5.78 Å². The molecule has 6 heterocycles. The normalized spacial score (nSPS) is 23.3. The third-order valence-corrected chi connectivity index (χ3v) is 8.07. The van der Waals surface area contributed by atoms with Crippen LogP contribution in [0.1, 0.15) is 31.2 Å². The molecular weight excluding hydrogens is 508 g/mol. The molecule has 39 heavy (non-hydrogen) atoms. The highest BCUT2D eigenvalue weighted by Gasteiger charge is 2.44. The summed E-state index contributed by atoms with van der Waals surface area (Å²) in [5.41, 5.74) is 6.68. The number of halogens is 2. The molecule has 0 radical (unpaired) electrons. The van der Waals surface area contributed by atoms with Crippen molar-refractivity contribution in [1.82, 2.24) is 34.4 Å². The van der Waals surface area contributed by atoms with Crippen LogP contribution in [-0.4, -0.2) is 78.0 Å². The standard InChI is InChI=1S/C26H27F2N9O2/c27-16-6-5-15(19(28)11-16)12-36-17-7-8-18(36)14-34(13-17)23(38)20-3-1-9-35(20)25-31-24(29)37-26(32-25)30-22(33-37)21-4-2-10-39-21/h2,4-6,10-11,17-18,20H,1,3,7-9,12-14H2,(H2,29,30,31,32,33)/t17?,18?,20-/m0/s1. The van der Waals surface area contributed by atoms with E-state index in [0.29, 0.717) is 55.7 Å². The second-order valence-corrected chi connectivity index (χ2v) is 10.4. The molecule has 0 aliphatic carbocycles. The Morgan fingerprint density at radius 3 is 2.64 bits per heavy atom. The van der Waals surface area contributed by atoms with E-state index in [-0.39, 0.29) is 29.7 Å². The van der Waals surface area contributed by atoms with Gasteiger partial charge in [-0.2, -0.15) is 19.5 Å². The Hall–Kier alpha value is -4.13. The van der Waals surface area contributed by atoms with Crippen molar-refractivity contribution in [1.29, 1.82) is 0 Å². The fraction of sp³-hybridized carbons (Fsp3) is 0.423. The van der Waals surface area contributed by atoms with E-state index >= 15 is 0 Å². The first-order valence-corrected chi connectivity index (χ1v) is 13.1. The Morgan fingerprint density at radius 2 is 1.90 bits per heavy atom. The number of fused-ring (bicyclic) bond motifs is 3. The van der Waals surface area contributed by atoms with Gasteiger partial charge in [-0.15, -0.1) is 5.10 Å². The smallest absolute Gasteiger partial charge is 0.259 e. The summed E-state index contributed by atoms with van der Waals surface area (Å²) < 4.78 is 34.4. The predicted molar refractivity (Wildman–Crippen MR) is 136 cm³/mol. The minimum Gasteiger partial charge on any atom is -0.461 e. The van der Waals surface area contributed by atoms with Gasteiger partial charge >= 0.3 is 0 Å². The van der Waals surface area contributed by atoms with E-state index in [1.165, 1.54) is 22.9 Å². The van der Waals surface area contributed by atoms with Crippen molar-refractivity contribution >= 4 is 23.6 Å². The number of anilines is 2. The zero-order valence-electron chi connectivity index (χ0n) is 21.1. The van der Waals surface area contributed by atoms with E-state index in [1.807, 2.05) is 9.80 Å². The van der Waals surface area contributed by atoms with E-state index in [0.717, 1.165) is 25.3 Å². The van der Waals surface area contributed by atoms with Crippen molar-refractivity contribution < 1.29 is 18.0 Å². The molecule has 3 fully saturated rings. The van der Waals surface area contributed by atoms with Crippen molar-refractivity contribution in [2.75, 3.05) is 30.3 Å². The van der Waals surface area contributed by atoms with Gasteiger partial charge in [0.2, 0.25) is 23.6 Å². The lowest BCUT2D eigenvalue weighted by Crippen LogP contribution is -2.58. The summed E-state index contributed by atoms with van der Waals surface area (Å²) in [6, 6.07) is 7.07. The van der Waals surface area contributed by atoms with Gasteiger partial charge in [0.05, 0.1) is 6.26 Å². The van der Waals surface area contributed by atoms with E-state index in [4.69, 9.17) is 10.2 Å². The first-order chi connectivity index (χ1) is 18.9. The summed E-state index contributed by atoms with van der Waals surface area (Å²) in [5, 5.41) is 4.34. The lowest BCUT2D eigenvalue weighted by molar-refractivity contribution is -0.136. The summed E-state index contributed by atoms with van der Waals surface area (Å²) in [7, 11) is 0. The first-order valence-electron chi connectivity index (χ1n) is 13.1. The number of likely N-dealkylation sites (tertiary alicyclic amines) is 1. The quantitative estimate of drug-likeness (QED) is 0.411. The zero-order chi connectivity index (χ0) is 26.7. The van der Waals surface area contributed by atoms with Crippen LogP contribution in [0.3, 0.4) is 0 Å². The van der Waals surface area contributed by atoms with Gasteiger partial charge in [-0.05, 0) is 43.9 Å². The number of nitrogen functional groups attached to an aromatic ring is 1. The topological polar surface area (TPSA) is 122 Å². The lowest BCUT2D eigenvalue weighted by atomic mass is 10.1. The maximum atomic E-state index is 14.3. The monoisotopic (exact) mass is 535 g/mol. The highest BCUT2D eigenvalue weighted by molar-refractivity contribution is 5.85. The number of benzene rings is 1. The Labute approximate surface area is 222 Å². The van der Waals surface area contributed by atoms with Crippen LogP contribution >= 0.6 is 0 Å². The molecule has 2 N–H and O–H groups in total. The molecule has 3 aliphatic rings. The molecule has 4 aromatic rings. The van der Waals surface area contributed by atoms with Gasteiger partial charge in [0, 0.05) is 49.9 Å². The second kappa shape index (κ2) is 9.26. The van der Waals surface area contributed by atoms with E-state index in [1.54, 1.807) is 12.1 Å². The number of amides is 1. The van der Waals surface area contributed by atoms with E-state index in [9.17, 15) is 13.6 Å². The fourth-order valence-corrected chi connectivity index (χ4v) is 6.18. The van der Waals surface area contributed by atoms with Gasteiger partial charge in [0.1, 0.15) is 17.7 Å². The number of aromatic nitrogens is 5. The molecule has 3 aliphatic heterocycles. The highest BCUT2D eigenvalue weighted by atomic mass is 19.1. The number of hydrogen-bond acceptors (Lipinski definition) is 9. The number of piperazine rings is 1. The number of carbonyl (C=O) groups is 1. The summed E-state index contributed by atoms with van der Waals surface area (Å²) in [6.07, 6.45) is 4.93. The number of carbonyl (C=O) groups excluding carboxylic acids is 1. The number of nitrogens with two attached hydrogens (primary N) is 1. The van der Waals surface area contributed by atoms with Crippen LogP contribution in [0.25, 0.3) is 17.4 Å². The first kappa shape index (κ1) is 23.9. The van der Waals surface area contributed by atoms with Crippen molar-refractivity contribution in [2.24, 2.45) is 0 Å². The molecule has 11 nitrogen and oxygen atoms in total. The lowest BCUT2D eigenvalue weighted by Gasteiger charge is -2.42. The van der Waals surface area contributed by atoms with Crippen LogP contribution < -0.4 is 10.6 Å². The maximum absolute atomic E-state index is 14.3. The summed E-state index contributed by atoms with van der Waals surface area (Å²) in [6.45, 7) is 2.18. The fourth-order valence-electron chi connectivity index (χ4n) is 6.18. The van der Waals surface area contributed by atoms with Gasteiger partial charge in [-0.3, -0.25) is 9.69 Å². The van der Waals surface area contributed by atoms with Crippen molar-refractivity contribution in [3.05, 3.63) is 53.8 Å². The number of hydrogen-bond donors (Lipinski definition) is 1. The minimum absolute atomic E-state index is 0.0387. The van der Waals surface area contributed by atoms with Crippen LogP contribution in [0.15, 0.2) is 41.0 Å². The van der Waals surface area contributed by atoms with Crippen LogP contribution in [0.2, 0.25) is 0 Å². The van der Waals surface area contributed by atoms with E-state index in [2.05, 4.69) is 25.0 Å². The van der Waals surface area contributed by atoms with Crippen molar-refractivity contribution in [3.63, 3.8) is 0 Å². The van der Waals surface area contributed by atoms with Crippen molar-refractivity contribution in [3.8, 4) is 11.6 Å². The molecule has 13 heteroatoms. The molecule has 7 rings (SSSR count). The molecule has 3 atom stereocenters. The molecule has 2 unspecified atom stereocenters. The summed E-state index contributed by atoms with van der Waals surface area (Å²) in [5.74, 6) is 0.518. The Bertz CT molecular complexity index is 1530. The third kappa shape index (κ3) is 4.17. The maximum Gasteiger partial charge on any atom is 0.259 e. The molecule has 2 bridgehead atoms. The SMILES string of the molecule is Nc1nc(N2CCC[C@H]2C(=O)N2CC3CCC(C2)N3Cc2ccc(F)cc2F)nc2nc(-c3ccco3)nn12. The molecule has 202 valence electrons. The molecule has 1 amide bonds. The summed E-state index contributed by atoms with van der Waals surface area (Å²) >= 11 is 0. The molecule has 1 aromatic carbocycles. The van der Waals surface area contributed by atoms with Crippen LogP contribution in [0.4, 0.5) is 20.7 Å². The largest absolute Gasteiger partial charge is 0.461 e. The second-order valence-electron chi connectivity index (χ2n) is 10.4. The molecule has 3 aromatic heterocycles. The van der Waals surface area contributed by atoms with Gasteiger partial charge in [-0.25, -0.2) is 8.78 Å². The van der Waals surface area contributed by atoms with Gasteiger partial charge in [-0.1, -0.05) is 6.07 Å². The number of rotatable bonds is 5. The van der Waals surface area contributed by atoms with Crippen molar-refractivity contribution in [2.45, 2.75) is 50.4 Å². The van der Waals surface area contributed by atoms with Gasteiger partial charge in [0.15, 0.2) is 5.76 Å². The minimum atomic E-state index is -0.581. The Balaban J connectivity index is 1.09. The highest BCUT2D eigenvalue weighted by Crippen LogP contribution is 2.34. The summed E-state index contributed by atoms with van der Waals surface area (Å²) in [4.78, 5) is 33.4. The van der Waals surface area contributed by atoms with Crippen LogP contribution in [0.5, 0.6) is 0 Å². The molecule has 3 saturated heterocycles. The molecular formula is C26H27F2N9O2. The zero-order valence-corrected chi connectivity index (χ0v) is 21.1. The van der Waals surface area contributed by atoms with Crippen LogP contribution in [-0.2, 0) is 11.3 Å². The average molecular weight is 536 g/mol. The average Bonchev–Trinajstić information content (AvgIpc) is 3.71. The Morgan fingerprint density at radius 1 is 1.08 bits per heavy atom. The number of nitrogens with zero attached hydrogens (tertiary/aromatic N) is 8. The number of furan rings is 1. The van der Waals surface area contributed by atoms with E-state index < -0.39 is 17.7 Å². The molecule has 0 spiro atoms. The predicted octanol–water partition coefficient (Wildman–Crippen LogP) is 2.48. The third-order valence-electron chi connectivity index (χ3n) is 8.07. The van der Waals surface area contributed by atoms with Crippen LogP contribution in [0, 0.1) is 11.6 Å².